The monoisotopic (exact) mass is 341 g/mol. The lowest BCUT2D eigenvalue weighted by molar-refractivity contribution is -0.129. The van der Waals surface area contributed by atoms with Gasteiger partial charge in [-0.15, -0.1) is 0 Å². The Morgan fingerprint density at radius 1 is 0.960 bits per heavy atom. The van der Waals surface area contributed by atoms with Gasteiger partial charge >= 0.3 is 5.97 Å². The van der Waals surface area contributed by atoms with E-state index in [2.05, 4.69) is 5.32 Å². The van der Waals surface area contributed by atoms with Crippen molar-refractivity contribution in [3.8, 4) is 16.9 Å². The second-order valence-corrected chi connectivity index (χ2v) is 6.31. The molecule has 0 fully saturated rings. The largest absolute Gasteiger partial charge is 0.508 e. The van der Waals surface area contributed by atoms with Crippen molar-refractivity contribution >= 4 is 11.9 Å². The van der Waals surface area contributed by atoms with E-state index in [0.29, 0.717) is 18.0 Å². The first-order chi connectivity index (χ1) is 11.9. The average Bonchev–Trinajstić information content (AvgIpc) is 2.60. The van der Waals surface area contributed by atoms with E-state index in [9.17, 15) is 14.7 Å². The minimum absolute atomic E-state index is 0.202. The summed E-state index contributed by atoms with van der Waals surface area (Å²) in [4.78, 5) is 24.0. The Labute approximate surface area is 147 Å². The SMILES string of the molecule is CC(C)CNC(=O)[C@@H](C)OC(=O)c1ccc(-c2ccc(O)cc2)cc1. The lowest BCUT2D eigenvalue weighted by atomic mass is 10.0. The lowest BCUT2D eigenvalue weighted by Gasteiger charge is -2.14. The van der Waals surface area contributed by atoms with Crippen molar-refractivity contribution in [2.75, 3.05) is 6.54 Å². The highest BCUT2D eigenvalue weighted by atomic mass is 16.5. The molecule has 0 unspecified atom stereocenters. The maximum atomic E-state index is 12.2. The quantitative estimate of drug-likeness (QED) is 0.790. The minimum atomic E-state index is -0.844. The lowest BCUT2D eigenvalue weighted by Crippen LogP contribution is -2.37. The molecule has 0 aliphatic heterocycles. The number of carbonyl (C=O) groups excluding carboxylic acids is 2. The fourth-order valence-corrected chi connectivity index (χ4v) is 2.18. The number of rotatable bonds is 6. The highest BCUT2D eigenvalue weighted by Gasteiger charge is 2.18. The van der Waals surface area contributed by atoms with Crippen molar-refractivity contribution in [2.45, 2.75) is 26.9 Å². The highest BCUT2D eigenvalue weighted by Crippen LogP contribution is 2.22. The number of benzene rings is 2. The number of ether oxygens (including phenoxy) is 1. The van der Waals surface area contributed by atoms with Crippen LogP contribution in [0, 0.1) is 5.92 Å². The smallest absolute Gasteiger partial charge is 0.338 e. The van der Waals surface area contributed by atoms with Crippen LogP contribution in [0.1, 0.15) is 31.1 Å². The summed E-state index contributed by atoms with van der Waals surface area (Å²) in [6, 6.07) is 13.7. The summed E-state index contributed by atoms with van der Waals surface area (Å²) >= 11 is 0. The van der Waals surface area contributed by atoms with Gasteiger partial charge in [0.15, 0.2) is 6.10 Å². The number of hydrogen-bond acceptors (Lipinski definition) is 4. The zero-order chi connectivity index (χ0) is 18.4. The molecule has 2 aromatic rings. The van der Waals surface area contributed by atoms with Crippen molar-refractivity contribution in [2.24, 2.45) is 5.92 Å². The number of aromatic hydroxyl groups is 1. The van der Waals surface area contributed by atoms with Crippen LogP contribution in [0.2, 0.25) is 0 Å². The van der Waals surface area contributed by atoms with E-state index in [-0.39, 0.29) is 11.7 Å². The van der Waals surface area contributed by atoms with Crippen LogP contribution in [-0.2, 0) is 9.53 Å². The van der Waals surface area contributed by atoms with Gasteiger partial charge < -0.3 is 15.2 Å². The summed E-state index contributed by atoms with van der Waals surface area (Å²) in [6.45, 7) is 6.08. The summed E-state index contributed by atoms with van der Waals surface area (Å²) in [5, 5.41) is 12.1. The second kappa shape index (κ2) is 8.33. The normalized spacial score (nSPS) is 11.8. The standard InChI is InChI=1S/C20H23NO4/c1-13(2)12-21-19(23)14(3)25-20(24)17-6-4-15(5-7-17)16-8-10-18(22)11-9-16/h4-11,13-14,22H,12H2,1-3H3,(H,21,23)/t14-/m1/s1. The topological polar surface area (TPSA) is 75.6 Å². The van der Waals surface area contributed by atoms with Crippen LogP contribution >= 0.6 is 0 Å². The molecule has 2 aromatic carbocycles. The first-order valence-electron chi connectivity index (χ1n) is 8.25. The van der Waals surface area contributed by atoms with Gasteiger partial charge in [0.2, 0.25) is 0 Å². The first-order valence-corrected chi connectivity index (χ1v) is 8.25. The van der Waals surface area contributed by atoms with Crippen molar-refractivity contribution in [3.05, 3.63) is 54.1 Å². The van der Waals surface area contributed by atoms with E-state index in [1.165, 1.54) is 0 Å². The molecule has 25 heavy (non-hydrogen) atoms. The number of amides is 1. The number of hydrogen-bond donors (Lipinski definition) is 2. The van der Waals surface area contributed by atoms with Gasteiger partial charge in [-0.05, 0) is 48.2 Å². The fraction of sp³-hybridized carbons (Fsp3) is 0.300. The third kappa shape index (κ3) is 5.35. The summed E-state index contributed by atoms with van der Waals surface area (Å²) < 4.78 is 5.21. The summed E-state index contributed by atoms with van der Waals surface area (Å²) in [7, 11) is 0. The van der Waals surface area contributed by atoms with E-state index in [1.54, 1.807) is 55.5 Å². The molecule has 1 atom stereocenters. The van der Waals surface area contributed by atoms with Gasteiger partial charge in [0.05, 0.1) is 5.56 Å². The van der Waals surface area contributed by atoms with E-state index in [0.717, 1.165) is 11.1 Å². The molecular formula is C20H23NO4. The molecule has 1 amide bonds. The second-order valence-electron chi connectivity index (χ2n) is 6.31. The maximum absolute atomic E-state index is 12.2. The summed E-state index contributed by atoms with van der Waals surface area (Å²) in [6.07, 6.45) is -0.844. The number of phenols is 1. The number of esters is 1. The Bertz CT molecular complexity index is 720. The summed E-state index contributed by atoms with van der Waals surface area (Å²) in [5.41, 5.74) is 2.23. The Kier molecular flexibility index (Phi) is 6.17. The molecule has 0 saturated carbocycles. The molecule has 0 saturated heterocycles. The molecule has 2 rings (SSSR count). The molecule has 0 heterocycles. The van der Waals surface area contributed by atoms with Crippen molar-refractivity contribution in [1.29, 1.82) is 0 Å². The van der Waals surface area contributed by atoms with Crippen LogP contribution < -0.4 is 5.32 Å². The zero-order valence-electron chi connectivity index (χ0n) is 14.7. The van der Waals surface area contributed by atoms with Crippen LogP contribution in [0.15, 0.2) is 48.5 Å². The molecule has 5 nitrogen and oxygen atoms in total. The van der Waals surface area contributed by atoms with Crippen molar-refractivity contribution < 1.29 is 19.4 Å². The van der Waals surface area contributed by atoms with E-state index in [4.69, 9.17) is 4.74 Å². The fourth-order valence-electron chi connectivity index (χ4n) is 2.18. The van der Waals surface area contributed by atoms with Gasteiger partial charge in [0.25, 0.3) is 5.91 Å². The third-order valence-electron chi connectivity index (χ3n) is 3.66. The molecule has 132 valence electrons. The van der Waals surface area contributed by atoms with E-state index in [1.807, 2.05) is 13.8 Å². The molecule has 0 aliphatic rings. The molecular weight excluding hydrogens is 318 g/mol. The van der Waals surface area contributed by atoms with Crippen molar-refractivity contribution in [3.63, 3.8) is 0 Å². The van der Waals surface area contributed by atoms with Crippen molar-refractivity contribution in [1.82, 2.24) is 5.32 Å². The molecule has 0 aromatic heterocycles. The first kappa shape index (κ1) is 18.5. The molecule has 5 heteroatoms. The number of carbonyl (C=O) groups is 2. The van der Waals surface area contributed by atoms with Gasteiger partial charge in [0, 0.05) is 6.54 Å². The molecule has 0 bridgehead atoms. The van der Waals surface area contributed by atoms with Gasteiger partial charge in [-0.3, -0.25) is 4.79 Å². The predicted molar refractivity (Wildman–Crippen MR) is 96.3 cm³/mol. The Morgan fingerprint density at radius 2 is 1.48 bits per heavy atom. The van der Waals surface area contributed by atoms with Crippen LogP contribution in [0.3, 0.4) is 0 Å². The molecule has 0 radical (unpaired) electrons. The molecule has 0 aliphatic carbocycles. The Balaban J connectivity index is 1.98. The van der Waals surface area contributed by atoms with Crippen LogP contribution in [-0.4, -0.2) is 29.6 Å². The number of phenolic OH excluding ortho intramolecular Hbond substituents is 1. The van der Waals surface area contributed by atoms with E-state index < -0.39 is 12.1 Å². The van der Waals surface area contributed by atoms with Gasteiger partial charge in [0.1, 0.15) is 5.75 Å². The van der Waals surface area contributed by atoms with Crippen LogP contribution in [0.4, 0.5) is 0 Å². The Morgan fingerprint density at radius 3 is 2.00 bits per heavy atom. The maximum Gasteiger partial charge on any atom is 0.338 e. The van der Waals surface area contributed by atoms with E-state index >= 15 is 0 Å². The average molecular weight is 341 g/mol. The zero-order valence-corrected chi connectivity index (χ0v) is 14.7. The Hall–Kier alpha value is -2.82. The predicted octanol–water partition coefficient (Wildman–Crippen LogP) is 3.38. The van der Waals surface area contributed by atoms with Gasteiger partial charge in [-0.25, -0.2) is 4.79 Å². The van der Waals surface area contributed by atoms with Crippen LogP contribution in [0.5, 0.6) is 5.75 Å². The minimum Gasteiger partial charge on any atom is -0.508 e. The number of nitrogens with one attached hydrogen (secondary N) is 1. The molecule has 0 spiro atoms. The van der Waals surface area contributed by atoms with Gasteiger partial charge in [-0.1, -0.05) is 38.1 Å². The molecule has 2 N–H and O–H groups in total. The summed E-state index contributed by atoms with van der Waals surface area (Å²) in [5.74, 6) is -0.305. The third-order valence-corrected chi connectivity index (χ3v) is 3.66. The highest BCUT2D eigenvalue weighted by molar-refractivity contribution is 5.92. The van der Waals surface area contributed by atoms with Crippen LogP contribution in [0.25, 0.3) is 11.1 Å². The van der Waals surface area contributed by atoms with Gasteiger partial charge in [-0.2, -0.15) is 0 Å².